The first-order valence-corrected chi connectivity index (χ1v) is 8.63. The fourth-order valence-corrected chi connectivity index (χ4v) is 4.45. The van der Waals surface area contributed by atoms with Crippen molar-refractivity contribution in [2.45, 2.75) is 24.2 Å². The molecule has 0 saturated heterocycles. The Labute approximate surface area is 116 Å². The molecule has 1 unspecified atom stereocenters. The summed E-state index contributed by atoms with van der Waals surface area (Å²) >= 11 is 1.56. The number of rotatable bonds is 5. The van der Waals surface area contributed by atoms with Gasteiger partial charge in [-0.05, 0) is 29.7 Å². The van der Waals surface area contributed by atoms with Crippen LogP contribution in [0.25, 0.3) is 10.1 Å². The van der Waals surface area contributed by atoms with Gasteiger partial charge in [0.05, 0.1) is 11.4 Å². The van der Waals surface area contributed by atoms with E-state index in [2.05, 4.69) is 4.72 Å². The minimum Gasteiger partial charge on any atom is -0.387 e. The van der Waals surface area contributed by atoms with Gasteiger partial charge in [-0.3, -0.25) is 0 Å². The van der Waals surface area contributed by atoms with E-state index in [0.29, 0.717) is 0 Å². The number of sulfonamides is 1. The normalized spacial score (nSPS) is 17.7. The lowest BCUT2D eigenvalue weighted by Gasteiger charge is -2.11. The number of nitrogens with one attached hydrogen (secondary N) is 1. The van der Waals surface area contributed by atoms with Crippen LogP contribution in [0.1, 0.15) is 24.5 Å². The maximum atomic E-state index is 11.7. The van der Waals surface area contributed by atoms with E-state index >= 15 is 0 Å². The van der Waals surface area contributed by atoms with Crippen LogP contribution in [0.15, 0.2) is 29.6 Å². The quantitative estimate of drug-likeness (QED) is 0.887. The van der Waals surface area contributed by atoms with Gasteiger partial charge < -0.3 is 5.11 Å². The molecule has 1 saturated carbocycles. The van der Waals surface area contributed by atoms with E-state index in [0.717, 1.165) is 28.5 Å². The minimum absolute atomic E-state index is 0.0412. The van der Waals surface area contributed by atoms with E-state index in [4.69, 9.17) is 0 Å². The van der Waals surface area contributed by atoms with Gasteiger partial charge in [0.25, 0.3) is 0 Å². The van der Waals surface area contributed by atoms with E-state index in [1.165, 1.54) is 0 Å². The lowest BCUT2D eigenvalue weighted by atomic mass is 10.1. The molecule has 1 aliphatic rings. The highest BCUT2D eigenvalue weighted by Crippen LogP contribution is 2.31. The summed E-state index contributed by atoms with van der Waals surface area (Å²) in [7, 11) is -3.23. The Morgan fingerprint density at radius 3 is 2.84 bits per heavy atom. The van der Waals surface area contributed by atoms with Crippen molar-refractivity contribution in [2.75, 3.05) is 6.54 Å². The topological polar surface area (TPSA) is 66.4 Å². The molecule has 2 aromatic rings. The van der Waals surface area contributed by atoms with Crippen molar-refractivity contribution in [3.05, 3.63) is 35.2 Å². The zero-order chi connectivity index (χ0) is 13.5. The molecular formula is C13H15NO3S2. The highest BCUT2D eigenvalue weighted by Gasteiger charge is 2.35. The van der Waals surface area contributed by atoms with Crippen LogP contribution in [-0.2, 0) is 10.0 Å². The highest BCUT2D eigenvalue weighted by molar-refractivity contribution is 7.90. The maximum Gasteiger partial charge on any atom is 0.214 e. The Hall–Kier alpha value is -0.950. The van der Waals surface area contributed by atoms with Gasteiger partial charge >= 0.3 is 0 Å². The molecule has 1 atom stereocenters. The average molecular weight is 297 g/mol. The van der Waals surface area contributed by atoms with Gasteiger partial charge in [-0.1, -0.05) is 18.2 Å². The highest BCUT2D eigenvalue weighted by atomic mass is 32.2. The lowest BCUT2D eigenvalue weighted by Crippen LogP contribution is -2.31. The number of hydrogen-bond acceptors (Lipinski definition) is 4. The number of fused-ring (bicyclic) bond motifs is 1. The molecule has 0 amide bonds. The minimum atomic E-state index is -3.23. The Morgan fingerprint density at radius 2 is 2.11 bits per heavy atom. The van der Waals surface area contributed by atoms with E-state index in [-0.39, 0.29) is 11.8 Å². The summed E-state index contributed by atoms with van der Waals surface area (Å²) in [5, 5.41) is 12.8. The number of benzene rings is 1. The Morgan fingerprint density at radius 1 is 1.37 bits per heavy atom. The summed E-state index contributed by atoms with van der Waals surface area (Å²) in [6.07, 6.45) is 0.657. The third kappa shape index (κ3) is 2.67. The lowest BCUT2D eigenvalue weighted by molar-refractivity contribution is 0.184. The van der Waals surface area contributed by atoms with Crippen molar-refractivity contribution in [2.24, 2.45) is 0 Å². The van der Waals surface area contributed by atoms with Crippen LogP contribution in [0, 0.1) is 0 Å². The molecule has 4 nitrogen and oxygen atoms in total. The average Bonchev–Trinajstić information content (AvgIpc) is 3.17. The maximum absolute atomic E-state index is 11.7. The van der Waals surface area contributed by atoms with Gasteiger partial charge in [-0.25, -0.2) is 13.1 Å². The molecule has 3 rings (SSSR count). The van der Waals surface area contributed by atoms with Gasteiger partial charge in [-0.15, -0.1) is 11.3 Å². The van der Waals surface area contributed by atoms with Crippen molar-refractivity contribution in [3.8, 4) is 0 Å². The monoisotopic (exact) mass is 297 g/mol. The fraction of sp³-hybridized carbons (Fsp3) is 0.385. The first-order chi connectivity index (χ1) is 9.08. The number of aliphatic hydroxyl groups is 1. The van der Waals surface area contributed by atoms with E-state index in [1.54, 1.807) is 11.3 Å². The standard InChI is InChI=1S/C13H15NO3S2/c15-12(7-14-19(16,17)9-5-6-9)11-8-18-13-4-2-1-3-10(11)13/h1-4,8-9,12,14-15H,5-7H2. The van der Waals surface area contributed by atoms with Gasteiger partial charge in [0.2, 0.25) is 10.0 Å². The molecule has 19 heavy (non-hydrogen) atoms. The van der Waals surface area contributed by atoms with E-state index in [1.807, 2.05) is 29.6 Å². The molecule has 1 aromatic heterocycles. The zero-order valence-corrected chi connectivity index (χ0v) is 11.9. The van der Waals surface area contributed by atoms with Crippen molar-refractivity contribution in [1.29, 1.82) is 0 Å². The molecule has 1 heterocycles. The van der Waals surface area contributed by atoms with Gasteiger partial charge in [0.15, 0.2) is 0 Å². The van der Waals surface area contributed by atoms with Crippen molar-refractivity contribution in [1.82, 2.24) is 4.72 Å². The summed E-state index contributed by atoms with van der Waals surface area (Å²) in [5.74, 6) is 0. The second-order valence-electron chi connectivity index (χ2n) is 4.80. The third-order valence-corrected chi connectivity index (χ3v) is 6.21. The van der Waals surface area contributed by atoms with Crippen LogP contribution >= 0.6 is 11.3 Å². The second kappa shape index (κ2) is 4.86. The van der Waals surface area contributed by atoms with Crippen LogP contribution in [0.4, 0.5) is 0 Å². The zero-order valence-electron chi connectivity index (χ0n) is 10.2. The van der Waals surface area contributed by atoms with E-state index < -0.39 is 16.1 Å². The molecule has 1 aromatic carbocycles. The van der Waals surface area contributed by atoms with Crippen LogP contribution in [0.3, 0.4) is 0 Å². The molecule has 0 bridgehead atoms. The molecule has 2 N–H and O–H groups in total. The predicted molar refractivity (Wildman–Crippen MR) is 76.7 cm³/mol. The predicted octanol–water partition coefficient (Wildman–Crippen LogP) is 2.02. The molecule has 1 fully saturated rings. The van der Waals surface area contributed by atoms with Crippen LogP contribution in [-0.4, -0.2) is 25.3 Å². The van der Waals surface area contributed by atoms with Crippen LogP contribution in [0.5, 0.6) is 0 Å². The van der Waals surface area contributed by atoms with Gasteiger partial charge in [0, 0.05) is 16.8 Å². The SMILES string of the molecule is O=S(=O)(NCC(O)c1csc2ccccc12)C1CC1. The number of thiophene rings is 1. The smallest absolute Gasteiger partial charge is 0.214 e. The Balaban J connectivity index is 1.75. The fourth-order valence-electron chi connectivity index (χ4n) is 2.06. The summed E-state index contributed by atoms with van der Waals surface area (Å²) in [5.41, 5.74) is 0.791. The molecule has 0 radical (unpaired) electrons. The summed E-state index contributed by atoms with van der Waals surface area (Å²) in [4.78, 5) is 0. The van der Waals surface area contributed by atoms with Crippen molar-refractivity contribution in [3.63, 3.8) is 0 Å². The van der Waals surface area contributed by atoms with E-state index in [9.17, 15) is 13.5 Å². The van der Waals surface area contributed by atoms with Gasteiger partial charge in [0.1, 0.15) is 0 Å². The molecular weight excluding hydrogens is 282 g/mol. The molecule has 102 valence electrons. The number of aliphatic hydroxyl groups excluding tert-OH is 1. The first-order valence-electron chi connectivity index (χ1n) is 6.20. The summed E-state index contributed by atoms with van der Waals surface area (Å²) in [6, 6.07) is 7.80. The molecule has 0 aliphatic heterocycles. The Bertz CT molecular complexity index is 689. The van der Waals surface area contributed by atoms with Crippen LogP contribution < -0.4 is 4.72 Å². The molecule has 1 aliphatic carbocycles. The summed E-state index contributed by atoms with van der Waals surface area (Å²) < 4.78 is 27.0. The summed E-state index contributed by atoms with van der Waals surface area (Å²) in [6.45, 7) is 0.0412. The van der Waals surface area contributed by atoms with Crippen LogP contribution in [0.2, 0.25) is 0 Å². The van der Waals surface area contributed by atoms with Crippen molar-refractivity contribution >= 4 is 31.4 Å². The molecule has 6 heteroatoms. The van der Waals surface area contributed by atoms with Crippen molar-refractivity contribution < 1.29 is 13.5 Å². The largest absolute Gasteiger partial charge is 0.387 e. The Kier molecular flexibility index (Phi) is 3.34. The van der Waals surface area contributed by atoms with Gasteiger partial charge in [-0.2, -0.15) is 0 Å². The number of hydrogen-bond donors (Lipinski definition) is 2. The molecule has 0 spiro atoms. The first kappa shape index (κ1) is 13.1. The second-order valence-corrected chi connectivity index (χ2v) is 7.75. The third-order valence-electron chi connectivity index (χ3n) is 3.31.